The van der Waals surface area contributed by atoms with Crippen LogP contribution in [0.2, 0.25) is 5.02 Å². The van der Waals surface area contributed by atoms with E-state index in [4.69, 9.17) is 21.6 Å². The van der Waals surface area contributed by atoms with Crippen molar-refractivity contribution in [2.75, 3.05) is 20.1 Å². The van der Waals surface area contributed by atoms with Crippen molar-refractivity contribution in [3.05, 3.63) is 47.0 Å². The van der Waals surface area contributed by atoms with Crippen molar-refractivity contribution in [1.29, 1.82) is 5.26 Å². The SMILES string of the molecule is CN1CCC(Oc2cccc(-c3ccc(C#N)cc3Cl)n2)CC1. The van der Waals surface area contributed by atoms with E-state index in [1.807, 2.05) is 24.3 Å². The van der Waals surface area contributed by atoms with Gasteiger partial charge in [0.2, 0.25) is 5.88 Å². The van der Waals surface area contributed by atoms with Crippen LogP contribution in [0, 0.1) is 11.3 Å². The van der Waals surface area contributed by atoms with Gasteiger partial charge in [-0.3, -0.25) is 0 Å². The van der Waals surface area contributed by atoms with Gasteiger partial charge >= 0.3 is 0 Å². The van der Waals surface area contributed by atoms with Crippen LogP contribution in [-0.2, 0) is 0 Å². The lowest BCUT2D eigenvalue weighted by molar-refractivity contribution is 0.110. The monoisotopic (exact) mass is 327 g/mol. The highest BCUT2D eigenvalue weighted by atomic mass is 35.5. The molecular formula is C18H18ClN3O. The normalized spacial score (nSPS) is 16.0. The largest absolute Gasteiger partial charge is 0.474 e. The van der Waals surface area contributed by atoms with E-state index in [-0.39, 0.29) is 6.10 Å². The van der Waals surface area contributed by atoms with Gasteiger partial charge in [0, 0.05) is 24.7 Å². The number of likely N-dealkylation sites (tertiary alicyclic amines) is 1. The van der Waals surface area contributed by atoms with Crippen LogP contribution in [0.1, 0.15) is 18.4 Å². The molecule has 0 spiro atoms. The number of ether oxygens (including phenoxy) is 1. The van der Waals surface area contributed by atoms with Crippen molar-refractivity contribution >= 4 is 11.6 Å². The Kier molecular flexibility index (Phi) is 4.80. The van der Waals surface area contributed by atoms with Crippen LogP contribution >= 0.6 is 11.6 Å². The van der Waals surface area contributed by atoms with Crippen LogP contribution in [0.5, 0.6) is 5.88 Å². The van der Waals surface area contributed by atoms with E-state index < -0.39 is 0 Å². The van der Waals surface area contributed by atoms with Gasteiger partial charge in [-0.25, -0.2) is 4.98 Å². The first kappa shape index (κ1) is 15.8. The first-order valence-corrected chi connectivity index (χ1v) is 8.06. The zero-order chi connectivity index (χ0) is 16.2. The average molecular weight is 328 g/mol. The molecule has 0 N–H and O–H groups in total. The molecule has 2 aromatic rings. The number of hydrogen-bond donors (Lipinski definition) is 0. The minimum Gasteiger partial charge on any atom is -0.474 e. The number of hydrogen-bond acceptors (Lipinski definition) is 4. The van der Waals surface area contributed by atoms with Crippen molar-refractivity contribution in [1.82, 2.24) is 9.88 Å². The predicted molar refractivity (Wildman–Crippen MR) is 90.5 cm³/mol. The minimum atomic E-state index is 0.213. The van der Waals surface area contributed by atoms with Gasteiger partial charge in [-0.05, 0) is 44.2 Å². The van der Waals surface area contributed by atoms with Crippen molar-refractivity contribution in [2.24, 2.45) is 0 Å². The molecule has 0 atom stereocenters. The van der Waals surface area contributed by atoms with E-state index in [9.17, 15) is 0 Å². The zero-order valence-corrected chi connectivity index (χ0v) is 13.8. The maximum atomic E-state index is 8.92. The highest BCUT2D eigenvalue weighted by Gasteiger charge is 2.18. The third-order valence-corrected chi connectivity index (χ3v) is 4.36. The second-order valence-corrected chi connectivity index (χ2v) is 6.20. The van der Waals surface area contributed by atoms with Crippen LogP contribution in [0.15, 0.2) is 36.4 Å². The third kappa shape index (κ3) is 3.82. The molecule has 1 aromatic carbocycles. The van der Waals surface area contributed by atoms with Crippen LogP contribution in [0.4, 0.5) is 0 Å². The van der Waals surface area contributed by atoms with Crippen molar-refractivity contribution in [3.63, 3.8) is 0 Å². The Morgan fingerprint density at radius 1 is 1.26 bits per heavy atom. The number of pyridine rings is 1. The molecular weight excluding hydrogens is 310 g/mol. The van der Waals surface area contributed by atoms with E-state index in [1.165, 1.54) is 0 Å². The molecule has 0 unspecified atom stereocenters. The zero-order valence-electron chi connectivity index (χ0n) is 13.0. The molecule has 0 radical (unpaired) electrons. The molecule has 2 heterocycles. The predicted octanol–water partition coefficient (Wildman–Crippen LogP) is 3.75. The van der Waals surface area contributed by atoms with Crippen molar-refractivity contribution in [3.8, 4) is 23.2 Å². The Morgan fingerprint density at radius 3 is 2.74 bits per heavy atom. The summed E-state index contributed by atoms with van der Waals surface area (Å²) in [5.74, 6) is 0.623. The van der Waals surface area contributed by atoms with Crippen LogP contribution in [0.3, 0.4) is 0 Å². The second kappa shape index (κ2) is 6.99. The van der Waals surface area contributed by atoms with E-state index >= 15 is 0 Å². The third-order valence-electron chi connectivity index (χ3n) is 4.05. The Hall–Kier alpha value is -2.09. The summed E-state index contributed by atoms with van der Waals surface area (Å²) in [6, 6.07) is 13.0. The Bertz CT molecular complexity index is 733. The lowest BCUT2D eigenvalue weighted by atomic mass is 10.1. The summed E-state index contributed by atoms with van der Waals surface area (Å²) < 4.78 is 6.02. The van der Waals surface area contributed by atoms with E-state index in [1.54, 1.807) is 12.1 Å². The Labute approximate surface area is 141 Å². The summed E-state index contributed by atoms with van der Waals surface area (Å²) in [5, 5.41) is 9.44. The second-order valence-electron chi connectivity index (χ2n) is 5.79. The van der Waals surface area contributed by atoms with E-state index in [0.29, 0.717) is 16.5 Å². The molecule has 0 bridgehead atoms. The number of halogens is 1. The van der Waals surface area contributed by atoms with Gasteiger partial charge in [-0.2, -0.15) is 5.26 Å². The summed E-state index contributed by atoms with van der Waals surface area (Å²) in [5.41, 5.74) is 2.10. The summed E-state index contributed by atoms with van der Waals surface area (Å²) in [6.45, 7) is 2.09. The fourth-order valence-electron chi connectivity index (χ4n) is 2.70. The van der Waals surface area contributed by atoms with Gasteiger partial charge < -0.3 is 9.64 Å². The number of piperidine rings is 1. The summed E-state index contributed by atoms with van der Waals surface area (Å²) >= 11 is 6.27. The molecule has 1 saturated heterocycles. The Morgan fingerprint density at radius 2 is 2.04 bits per heavy atom. The Balaban J connectivity index is 1.79. The summed E-state index contributed by atoms with van der Waals surface area (Å²) in [4.78, 5) is 6.88. The van der Waals surface area contributed by atoms with Crippen molar-refractivity contribution < 1.29 is 4.74 Å². The van der Waals surface area contributed by atoms with Crippen LogP contribution in [0.25, 0.3) is 11.3 Å². The number of rotatable bonds is 3. The first-order chi connectivity index (χ1) is 11.2. The van der Waals surface area contributed by atoms with Gasteiger partial charge in [0.1, 0.15) is 6.10 Å². The minimum absolute atomic E-state index is 0.213. The van der Waals surface area contributed by atoms with E-state index in [0.717, 1.165) is 37.2 Å². The fraction of sp³-hybridized carbons (Fsp3) is 0.333. The highest BCUT2D eigenvalue weighted by molar-refractivity contribution is 6.33. The molecule has 0 amide bonds. The average Bonchev–Trinajstić information content (AvgIpc) is 2.57. The highest BCUT2D eigenvalue weighted by Crippen LogP contribution is 2.29. The van der Waals surface area contributed by atoms with Gasteiger partial charge in [-0.15, -0.1) is 0 Å². The fourth-order valence-corrected chi connectivity index (χ4v) is 2.97. The maximum Gasteiger partial charge on any atom is 0.214 e. The molecule has 0 saturated carbocycles. The van der Waals surface area contributed by atoms with Gasteiger partial charge in [0.05, 0.1) is 22.3 Å². The topological polar surface area (TPSA) is 49.1 Å². The molecule has 1 fully saturated rings. The number of aromatic nitrogens is 1. The maximum absolute atomic E-state index is 8.92. The van der Waals surface area contributed by atoms with Gasteiger partial charge in [0.15, 0.2) is 0 Å². The quantitative estimate of drug-likeness (QED) is 0.861. The number of nitrogens with zero attached hydrogens (tertiary/aromatic N) is 3. The molecule has 5 heteroatoms. The van der Waals surface area contributed by atoms with E-state index in [2.05, 4.69) is 23.0 Å². The molecule has 118 valence electrons. The van der Waals surface area contributed by atoms with Crippen LogP contribution in [-0.4, -0.2) is 36.1 Å². The molecule has 1 aliphatic rings. The molecule has 1 aliphatic heterocycles. The number of nitriles is 1. The van der Waals surface area contributed by atoms with Gasteiger partial charge in [-0.1, -0.05) is 17.7 Å². The molecule has 1 aromatic heterocycles. The lowest BCUT2D eigenvalue weighted by Crippen LogP contribution is -2.35. The molecule has 0 aliphatic carbocycles. The van der Waals surface area contributed by atoms with Crippen molar-refractivity contribution in [2.45, 2.75) is 18.9 Å². The summed E-state index contributed by atoms with van der Waals surface area (Å²) in [7, 11) is 2.13. The first-order valence-electron chi connectivity index (χ1n) is 7.68. The molecule has 23 heavy (non-hydrogen) atoms. The smallest absolute Gasteiger partial charge is 0.214 e. The standard InChI is InChI=1S/C18H18ClN3O/c1-22-9-7-14(8-10-22)23-18-4-2-3-17(21-18)15-6-5-13(12-20)11-16(15)19/h2-6,11,14H,7-10H2,1H3. The summed E-state index contributed by atoms with van der Waals surface area (Å²) in [6.07, 6.45) is 2.24. The number of benzene rings is 1. The van der Waals surface area contributed by atoms with Crippen LogP contribution < -0.4 is 4.74 Å². The molecule has 3 rings (SSSR count). The van der Waals surface area contributed by atoms with Gasteiger partial charge in [0.25, 0.3) is 0 Å². The lowest BCUT2D eigenvalue weighted by Gasteiger charge is -2.29. The molecule has 4 nitrogen and oxygen atoms in total.